The molecule has 1 unspecified atom stereocenters. The number of alkyl halides is 3. The maximum atomic E-state index is 13.0. The van der Waals surface area contributed by atoms with E-state index in [2.05, 4.69) is 10.0 Å². The number of ether oxygens (including phenoxy) is 1. The zero-order chi connectivity index (χ0) is 12.9. The van der Waals surface area contributed by atoms with E-state index in [1.54, 1.807) is 4.90 Å². The summed E-state index contributed by atoms with van der Waals surface area (Å²) in [7, 11) is 1.27. The summed E-state index contributed by atoms with van der Waals surface area (Å²) in [6.45, 7) is 0.479. The molecular formula is C9H15F3N4O. The highest BCUT2D eigenvalue weighted by Gasteiger charge is 2.57. The van der Waals surface area contributed by atoms with Gasteiger partial charge in [0.25, 0.3) is 0 Å². The minimum absolute atomic E-state index is 0.0284. The maximum absolute atomic E-state index is 13.0. The maximum Gasteiger partial charge on any atom is 0.397 e. The number of hydrogen-bond acceptors (Lipinski definition) is 3. The van der Waals surface area contributed by atoms with Gasteiger partial charge in [0, 0.05) is 31.7 Å². The van der Waals surface area contributed by atoms with E-state index < -0.39 is 11.6 Å². The summed E-state index contributed by atoms with van der Waals surface area (Å²) in [6, 6.07) is 0. The molecule has 0 N–H and O–H groups in total. The summed E-state index contributed by atoms with van der Waals surface area (Å²) in [5, 5.41) is 3.32. The van der Waals surface area contributed by atoms with Crippen molar-refractivity contribution in [1.29, 1.82) is 0 Å². The standard InChI is InChI=1S/C9H15F3N4O/c1-17-7-8(9(10,11)12)2-4-16(6-8)5-3-14-15-13/h2-7H2,1H3. The molecule has 0 saturated carbocycles. The van der Waals surface area contributed by atoms with Crippen LogP contribution in [0.5, 0.6) is 0 Å². The van der Waals surface area contributed by atoms with E-state index in [0.717, 1.165) is 0 Å². The van der Waals surface area contributed by atoms with Crippen LogP contribution in [-0.2, 0) is 4.74 Å². The van der Waals surface area contributed by atoms with Gasteiger partial charge in [0.1, 0.15) is 5.41 Å². The molecule has 0 aromatic carbocycles. The van der Waals surface area contributed by atoms with Crippen LogP contribution < -0.4 is 0 Å². The molecule has 1 aliphatic heterocycles. The first kappa shape index (κ1) is 14.1. The third-order valence-electron chi connectivity index (χ3n) is 3.03. The van der Waals surface area contributed by atoms with E-state index in [4.69, 9.17) is 10.3 Å². The quantitative estimate of drug-likeness (QED) is 0.428. The van der Waals surface area contributed by atoms with Gasteiger partial charge in [-0.2, -0.15) is 13.2 Å². The third kappa shape index (κ3) is 3.24. The Morgan fingerprint density at radius 1 is 1.53 bits per heavy atom. The lowest BCUT2D eigenvalue weighted by molar-refractivity contribution is -0.233. The molecule has 5 nitrogen and oxygen atoms in total. The molecule has 1 saturated heterocycles. The Balaban J connectivity index is 2.62. The Labute approximate surface area is 97.2 Å². The van der Waals surface area contributed by atoms with E-state index in [1.807, 2.05) is 0 Å². The van der Waals surface area contributed by atoms with Crippen LogP contribution in [0.15, 0.2) is 5.11 Å². The number of rotatable bonds is 5. The van der Waals surface area contributed by atoms with Gasteiger partial charge in [-0.1, -0.05) is 5.11 Å². The Kier molecular flexibility index (Phi) is 4.62. The fraction of sp³-hybridized carbons (Fsp3) is 1.00. The number of methoxy groups -OCH3 is 1. The Morgan fingerprint density at radius 2 is 2.24 bits per heavy atom. The Bertz CT molecular complexity index is 303. The van der Waals surface area contributed by atoms with Crippen molar-refractivity contribution in [2.75, 3.05) is 39.9 Å². The largest absolute Gasteiger partial charge is 0.397 e. The van der Waals surface area contributed by atoms with Crippen LogP contribution in [0.1, 0.15) is 6.42 Å². The first-order valence-electron chi connectivity index (χ1n) is 5.24. The lowest BCUT2D eigenvalue weighted by atomic mass is 9.87. The molecule has 0 bridgehead atoms. The fourth-order valence-corrected chi connectivity index (χ4v) is 2.09. The van der Waals surface area contributed by atoms with Crippen LogP contribution in [0, 0.1) is 5.41 Å². The average molecular weight is 252 g/mol. The van der Waals surface area contributed by atoms with Crippen molar-refractivity contribution in [3.8, 4) is 0 Å². The summed E-state index contributed by atoms with van der Waals surface area (Å²) >= 11 is 0. The predicted octanol–water partition coefficient (Wildman–Crippen LogP) is 2.20. The van der Waals surface area contributed by atoms with E-state index in [0.29, 0.717) is 13.1 Å². The molecule has 1 heterocycles. The highest BCUT2D eigenvalue weighted by atomic mass is 19.4. The van der Waals surface area contributed by atoms with E-state index in [9.17, 15) is 13.2 Å². The zero-order valence-corrected chi connectivity index (χ0v) is 9.57. The second-order valence-corrected chi connectivity index (χ2v) is 4.19. The van der Waals surface area contributed by atoms with Crippen LogP contribution >= 0.6 is 0 Å². The van der Waals surface area contributed by atoms with Gasteiger partial charge in [0.15, 0.2) is 0 Å². The number of likely N-dealkylation sites (tertiary alicyclic amines) is 1. The summed E-state index contributed by atoms with van der Waals surface area (Å²) in [6.07, 6.45) is -4.24. The molecule has 1 atom stereocenters. The van der Waals surface area contributed by atoms with Crippen LogP contribution in [0.4, 0.5) is 13.2 Å². The molecule has 98 valence electrons. The van der Waals surface area contributed by atoms with Crippen molar-refractivity contribution < 1.29 is 17.9 Å². The van der Waals surface area contributed by atoms with Crippen molar-refractivity contribution in [3.05, 3.63) is 10.4 Å². The van der Waals surface area contributed by atoms with Crippen molar-refractivity contribution >= 4 is 0 Å². The van der Waals surface area contributed by atoms with Crippen molar-refractivity contribution in [2.45, 2.75) is 12.6 Å². The van der Waals surface area contributed by atoms with E-state index >= 15 is 0 Å². The van der Waals surface area contributed by atoms with Gasteiger partial charge in [0.2, 0.25) is 0 Å². The van der Waals surface area contributed by atoms with Gasteiger partial charge < -0.3 is 9.64 Å². The van der Waals surface area contributed by atoms with Gasteiger partial charge in [0.05, 0.1) is 6.61 Å². The zero-order valence-electron chi connectivity index (χ0n) is 9.57. The lowest BCUT2D eigenvalue weighted by Crippen LogP contribution is -2.44. The molecule has 8 heteroatoms. The third-order valence-corrected chi connectivity index (χ3v) is 3.03. The molecule has 1 rings (SSSR count). The molecule has 0 aliphatic carbocycles. The first-order valence-corrected chi connectivity index (χ1v) is 5.24. The second-order valence-electron chi connectivity index (χ2n) is 4.19. The Hall–Kier alpha value is -0.980. The molecule has 0 radical (unpaired) electrons. The molecule has 17 heavy (non-hydrogen) atoms. The van der Waals surface area contributed by atoms with Crippen LogP contribution in [0.3, 0.4) is 0 Å². The summed E-state index contributed by atoms with van der Waals surface area (Å²) in [5.74, 6) is 0. The number of azide groups is 1. The van der Waals surface area contributed by atoms with Crippen LogP contribution in [-0.4, -0.2) is 51.0 Å². The van der Waals surface area contributed by atoms with Crippen molar-refractivity contribution in [2.24, 2.45) is 10.5 Å². The normalized spacial score (nSPS) is 25.9. The Morgan fingerprint density at radius 3 is 2.76 bits per heavy atom. The number of halogens is 3. The molecule has 0 amide bonds. The minimum atomic E-state index is -4.27. The minimum Gasteiger partial charge on any atom is -0.384 e. The lowest BCUT2D eigenvalue weighted by Gasteiger charge is -2.31. The van der Waals surface area contributed by atoms with Crippen LogP contribution in [0.25, 0.3) is 10.4 Å². The van der Waals surface area contributed by atoms with Crippen LogP contribution in [0.2, 0.25) is 0 Å². The van der Waals surface area contributed by atoms with Gasteiger partial charge in [-0.25, -0.2) is 0 Å². The van der Waals surface area contributed by atoms with Crippen molar-refractivity contribution in [1.82, 2.24) is 4.90 Å². The van der Waals surface area contributed by atoms with Crippen molar-refractivity contribution in [3.63, 3.8) is 0 Å². The average Bonchev–Trinajstić information content (AvgIpc) is 2.63. The number of hydrogen-bond donors (Lipinski definition) is 0. The molecule has 1 aliphatic rings. The summed E-state index contributed by atoms with van der Waals surface area (Å²) < 4.78 is 43.6. The number of nitrogens with zero attached hydrogens (tertiary/aromatic N) is 4. The molecule has 0 aromatic heterocycles. The first-order chi connectivity index (χ1) is 7.95. The molecule has 1 fully saturated rings. The highest BCUT2D eigenvalue weighted by Crippen LogP contribution is 2.45. The molecule has 0 spiro atoms. The van der Waals surface area contributed by atoms with Gasteiger partial charge in [-0.05, 0) is 18.5 Å². The fourth-order valence-electron chi connectivity index (χ4n) is 2.09. The highest BCUT2D eigenvalue weighted by molar-refractivity contribution is 4.95. The van der Waals surface area contributed by atoms with Gasteiger partial charge >= 0.3 is 6.18 Å². The monoisotopic (exact) mass is 252 g/mol. The van der Waals surface area contributed by atoms with Gasteiger partial charge in [-0.3, -0.25) is 0 Å². The summed E-state index contributed by atoms with van der Waals surface area (Å²) in [4.78, 5) is 4.22. The SMILES string of the molecule is COCC1(C(F)(F)F)CCN(CCN=[N+]=[N-])C1. The second kappa shape index (κ2) is 5.57. The molecular weight excluding hydrogens is 237 g/mol. The van der Waals surface area contributed by atoms with E-state index in [1.165, 1.54) is 7.11 Å². The molecule has 0 aromatic rings. The predicted molar refractivity (Wildman–Crippen MR) is 55.4 cm³/mol. The summed E-state index contributed by atoms with van der Waals surface area (Å²) in [5.41, 5.74) is 6.32. The topological polar surface area (TPSA) is 61.2 Å². The van der Waals surface area contributed by atoms with Gasteiger partial charge in [-0.15, -0.1) is 0 Å². The van der Waals surface area contributed by atoms with E-state index in [-0.39, 0.29) is 26.1 Å². The smallest absolute Gasteiger partial charge is 0.384 e.